The van der Waals surface area contributed by atoms with E-state index in [0.717, 1.165) is 19.0 Å². The van der Waals surface area contributed by atoms with Crippen molar-refractivity contribution in [3.05, 3.63) is 58.9 Å². The first kappa shape index (κ1) is 25.0. The Morgan fingerprint density at radius 2 is 1.84 bits per heavy atom. The molecule has 0 aliphatic heterocycles. The maximum absolute atomic E-state index is 12.7. The lowest BCUT2D eigenvalue weighted by atomic mass is 10.0. The highest BCUT2D eigenvalue weighted by Crippen LogP contribution is 2.15. The summed E-state index contributed by atoms with van der Waals surface area (Å²) in [7, 11) is -4.18. The number of aromatic carboxylic acids is 1. The van der Waals surface area contributed by atoms with Crippen molar-refractivity contribution in [3.63, 3.8) is 0 Å². The Balaban J connectivity index is 2.19. The number of nitrogens with zero attached hydrogens (tertiary/aromatic N) is 1. The Labute approximate surface area is 187 Å². The summed E-state index contributed by atoms with van der Waals surface area (Å²) in [6.07, 6.45) is 4.32. The monoisotopic (exact) mass is 460 g/mol. The maximum Gasteiger partial charge on any atom is 0.266 e. The summed E-state index contributed by atoms with van der Waals surface area (Å²) in [4.78, 5) is 38.6. The smallest absolute Gasteiger partial charge is 0.266 e. The molecular weight excluding hydrogens is 434 g/mol. The van der Waals surface area contributed by atoms with Crippen LogP contribution in [0, 0.1) is 0 Å². The Bertz CT molecular complexity index is 1100. The molecule has 0 unspecified atom stereocenters. The molecule has 10 heteroatoms. The number of carbonyl (C=O) groups is 3. The first-order valence-electron chi connectivity index (χ1n) is 10.2. The van der Waals surface area contributed by atoms with E-state index in [1.54, 1.807) is 12.1 Å². The highest BCUT2D eigenvalue weighted by atomic mass is 32.2. The minimum Gasteiger partial charge on any atom is -0.543 e. The lowest BCUT2D eigenvalue weighted by Crippen LogP contribution is -2.31. The molecular formula is C22H26N3O6S-. The third-order valence-corrected chi connectivity index (χ3v) is 6.02. The Kier molecular flexibility index (Phi) is 8.89. The van der Waals surface area contributed by atoms with Crippen LogP contribution in [0.1, 0.15) is 65.1 Å². The van der Waals surface area contributed by atoms with Gasteiger partial charge in [-0.3, -0.25) is 14.6 Å². The van der Waals surface area contributed by atoms with Gasteiger partial charge in [0.2, 0.25) is 5.91 Å². The summed E-state index contributed by atoms with van der Waals surface area (Å²) >= 11 is 0. The number of benzene rings is 1. The molecule has 9 nitrogen and oxygen atoms in total. The van der Waals surface area contributed by atoms with E-state index in [9.17, 15) is 27.9 Å². The molecule has 2 amide bonds. The quantitative estimate of drug-likeness (QED) is 0.475. The van der Waals surface area contributed by atoms with Crippen LogP contribution in [-0.4, -0.2) is 37.7 Å². The van der Waals surface area contributed by atoms with Gasteiger partial charge in [-0.15, -0.1) is 0 Å². The fourth-order valence-corrected chi connectivity index (χ4v) is 4.11. The van der Waals surface area contributed by atoms with Crippen molar-refractivity contribution >= 4 is 27.8 Å². The molecule has 0 bridgehead atoms. The minimum absolute atomic E-state index is 0.0631. The summed E-state index contributed by atoms with van der Waals surface area (Å²) in [6.45, 7) is 3.74. The number of carbonyl (C=O) groups excluding carboxylic acids is 3. The molecule has 0 fully saturated rings. The number of aryl methyl sites for hydroxylation is 1. The number of carboxylic acids is 1. The first-order chi connectivity index (χ1) is 15.1. The molecule has 2 aromatic rings. The normalized spacial score (nSPS) is 11.1. The molecule has 1 aromatic heterocycles. The lowest BCUT2D eigenvalue weighted by molar-refractivity contribution is -0.255. The number of hydrogen-bond donors (Lipinski definition) is 2. The number of rotatable bonds is 11. The summed E-state index contributed by atoms with van der Waals surface area (Å²) in [5.74, 6) is -2.55. The number of hydrogen-bond acceptors (Lipinski definition) is 7. The molecule has 0 aliphatic carbocycles. The number of carboxylic acid groups (broad SMARTS) is 1. The van der Waals surface area contributed by atoms with Gasteiger partial charge in [-0.1, -0.05) is 31.9 Å². The number of aromatic nitrogens is 1. The highest BCUT2D eigenvalue weighted by Gasteiger charge is 2.20. The molecule has 2 rings (SSSR count). The molecule has 1 aromatic carbocycles. The van der Waals surface area contributed by atoms with Crippen LogP contribution < -0.4 is 15.1 Å². The predicted octanol–water partition coefficient (Wildman–Crippen LogP) is 0.975. The zero-order valence-electron chi connectivity index (χ0n) is 18.0. The second kappa shape index (κ2) is 11.4. The fourth-order valence-electron chi connectivity index (χ4n) is 3.07. The van der Waals surface area contributed by atoms with E-state index >= 15 is 0 Å². The predicted molar refractivity (Wildman–Crippen MR) is 115 cm³/mol. The van der Waals surface area contributed by atoms with Crippen LogP contribution in [-0.2, 0) is 27.7 Å². The molecule has 172 valence electrons. The van der Waals surface area contributed by atoms with Crippen molar-refractivity contribution in [1.82, 2.24) is 15.0 Å². The summed E-state index contributed by atoms with van der Waals surface area (Å²) in [5, 5.41) is 13.9. The van der Waals surface area contributed by atoms with Crippen LogP contribution in [0.4, 0.5) is 0 Å². The average molecular weight is 461 g/mol. The molecule has 0 saturated heterocycles. The Hall–Kier alpha value is -3.27. The van der Waals surface area contributed by atoms with Crippen molar-refractivity contribution in [2.45, 2.75) is 50.8 Å². The Morgan fingerprint density at radius 1 is 1.09 bits per heavy atom. The molecule has 1 heterocycles. The van der Waals surface area contributed by atoms with Crippen LogP contribution in [0.25, 0.3) is 0 Å². The summed E-state index contributed by atoms with van der Waals surface area (Å²) in [5.41, 5.74) is 0.676. The van der Waals surface area contributed by atoms with Crippen molar-refractivity contribution < 1.29 is 27.9 Å². The number of nitrogens with one attached hydrogen (secondary N) is 2. The number of amides is 2. The van der Waals surface area contributed by atoms with Crippen molar-refractivity contribution in [1.29, 1.82) is 0 Å². The second-order valence-corrected chi connectivity index (χ2v) is 8.97. The highest BCUT2D eigenvalue weighted by molar-refractivity contribution is 7.90. The van der Waals surface area contributed by atoms with Gasteiger partial charge in [-0.25, -0.2) is 13.1 Å². The van der Waals surface area contributed by atoms with Crippen LogP contribution >= 0.6 is 0 Å². The summed E-state index contributed by atoms with van der Waals surface area (Å²) in [6, 6.07) is 7.37. The SMILES string of the molecule is CCCCCc1cc(C(=O)NS(=O)(=O)c2cccc(CCNC(C)=O)c2)cnc1C(=O)[O-]. The molecule has 32 heavy (non-hydrogen) atoms. The van der Waals surface area contributed by atoms with E-state index in [0.29, 0.717) is 36.9 Å². The van der Waals surface area contributed by atoms with E-state index in [-0.39, 0.29) is 22.1 Å². The first-order valence-corrected chi connectivity index (χ1v) is 11.7. The Morgan fingerprint density at radius 3 is 2.50 bits per heavy atom. The van der Waals surface area contributed by atoms with E-state index in [1.807, 2.05) is 11.6 Å². The van der Waals surface area contributed by atoms with Gasteiger partial charge >= 0.3 is 0 Å². The molecule has 0 aliphatic rings. The van der Waals surface area contributed by atoms with Gasteiger partial charge in [-0.2, -0.15) is 0 Å². The van der Waals surface area contributed by atoms with E-state index in [1.165, 1.54) is 25.1 Å². The zero-order chi connectivity index (χ0) is 23.7. The zero-order valence-corrected chi connectivity index (χ0v) is 18.8. The van der Waals surface area contributed by atoms with Crippen LogP contribution in [0.3, 0.4) is 0 Å². The third kappa shape index (κ3) is 7.16. The van der Waals surface area contributed by atoms with Crippen LogP contribution in [0.2, 0.25) is 0 Å². The van der Waals surface area contributed by atoms with E-state index in [4.69, 9.17) is 0 Å². The van der Waals surface area contributed by atoms with E-state index in [2.05, 4.69) is 10.3 Å². The molecule has 0 radical (unpaired) electrons. The number of sulfonamides is 1. The van der Waals surface area contributed by atoms with E-state index < -0.39 is 21.9 Å². The van der Waals surface area contributed by atoms with Gasteiger partial charge in [0.05, 0.1) is 22.1 Å². The fraction of sp³-hybridized carbons (Fsp3) is 0.364. The summed E-state index contributed by atoms with van der Waals surface area (Å²) < 4.78 is 27.4. The van der Waals surface area contributed by atoms with Gasteiger partial charge in [0.15, 0.2) is 0 Å². The third-order valence-electron chi connectivity index (χ3n) is 4.70. The molecule has 2 N–H and O–H groups in total. The topological polar surface area (TPSA) is 145 Å². The molecule has 0 atom stereocenters. The second-order valence-electron chi connectivity index (χ2n) is 7.29. The van der Waals surface area contributed by atoms with Crippen LogP contribution in [0.5, 0.6) is 0 Å². The number of unbranched alkanes of at least 4 members (excludes halogenated alkanes) is 2. The van der Waals surface area contributed by atoms with Gasteiger partial charge in [0.25, 0.3) is 15.9 Å². The average Bonchev–Trinajstić information content (AvgIpc) is 2.73. The van der Waals surface area contributed by atoms with Crippen molar-refractivity contribution in [2.24, 2.45) is 0 Å². The van der Waals surface area contributed by atoms with Crippen molar-refractivity contribution in [2.75, 3.05) is 6.54 Å². The van der Waals surface area contributed by atoms with Gasteiger partial charge in [-0.05, 0) is 48.6 Å². The lowest BCUT2D eigenvalue weighted by Gasteiger charge is -2.12. The standard InChI is InChI=1S/C22H27N3O6S/c1-3-4-5-8-17-13-18(14-24-20(17)22(28)29)21(27)25-32(30,31)19-9-6-7-16(12-19)10-11-23-15(2)26/h6-7,9,12-14H,3-5,8,10-11H2,1-2H3,(H,23,26)(H,25,27)(H,28,29)/p-1. The van der Waals surface area contributed by atoms with Gasteiger partial charge in [0.1, 0.15) is 0 Å². The molecule has 0 spiro atoms. The van der Waals surface area contributed by atoms with Crippen LogP contribution in [0.15, 0.2) is 41.4 Å². The minimum atomic E-state index is -4.18. The van der Waals surface area contributed by atoms with Gasteiger partial charge in [0, 0.05) is 19.7 Å². The van der Waals surface area contributed by atoms with Gasteiger partial charge < -0.3 is 15.2 Å². The largest absolute Gasteiger partial charge is 0.543 e. The molecule has 0 saturated carbocycles. The van der Waals surface area contributed by atoms with Crippen molar-refractivity contribution in [3.8, 4) is 0 Å². The maximum atomic E-state index is 12.7. The number of pyridine rings is 1.